The van der Waals surface area contributed by atoms with Crippen LogP contribution in [0.3, 0.4) is 0 Å². The molecule has 0 aliphatic heterocycles. The van der Waals surface area contributed by atoms with Crippen LogP contribution in [0.2, 0.25) is 0 Å². The van der Waals surface area contributed by atoms with Gasteiger partial charge in [0, 0.05) is 29.8 Å². The quantitative estimate of drug-likeness (QED) is 0.569. The van der Waals surface area contributed by atoms with E-state index in [1.807, 2.05) is 37.3 Å². The highest BCUT2D eigenvalue weighted by molar-refractivity contribution is 5.92. The van der Waals surface area contributed by atoms with Gasteiger partial charge in [-0.3, -0.25) is 9.78 Å². The standard InChI is InChI=1S/C22H22N4O3/c1-16(17-10-12-23-13-11-17)24-22(28)26-19-8-5-9-20(14-19)29-15-21(27)25-18-6-3-2-4-7-18/h2-14,16H,15H2,1H3,(H,25,27)(H2,24,26,28). The van der Waals surface area contributed by atoms with Crippen molar-refractivity contribution in [1.82, 2.24) is 10.3 Å². The van der Waals surface area contributed by atoms with Crippen LogP contribution in [0.15, 0.2) is 79.1 Å². The second-order valence-corrected chi connectivity index (χ2v) is 6.33. The second kappa shape index (κ2) is 9.89. The number of urea groups is 1. The van der Waals surface area contributed by atoms with Crippen molar-refractivity contribution in [3.05, 3.63) is 84.7 Å². The smallest absolute Gasteiger partial charge is 0.319 e. The molecule has 1 aromatic heterocycles. The van der Waals surface area contributed by atoms with E-state index in [-0.39, 0.29) is 24.6 Å². The monoisotopic (exact) mass is 390 g/mol. The first-order chi connectivity index (χ1) is 14.1. The van der Waals surface area contributed by atoms with Crippen molar-refractivity contribution in [2.45, 2.75) is 13.0 Å². The van der Waals surface area contributed by atoms with Crippen LogP contribution in [-0.2, 0) is 4.79 Å². The van der Waals surface area contributed by atoms with Crippen LogP contribution in [0.25, 0.3) is 0 Å². The Balaban J connectivity index is 1.50. The zero-order chi connectivity index (χ0) is 20.5. The molecular weight excluding hydrogens is 368 g/mol. The van der Waals surface area contributed by atoms with E-state index in [4.69, 9.17) is 4.74 Å². The van der Waals surface area contributed by atoms with Crippen LogP contribution < -0.4 is 20.7 Å². The number of pyridine rings is 1. The van der Waals surface area contributed by atoms with E-state index in [0.29, 0.717) is 17.1 Å². The molecule has 3 rings (SSSR count). The summed E-state index contributed by atoms with van der Waals surface area (Å²) in [6.07, 6.45) is 3.36. The topological polar surface area (TPSA) is 92.4 Å². The van der Waals surface area contributed by atoms with Crippen LogP contribution in [-0.4, -0.2) is 23.5 Å². The summed E-state index contributed by atoms with van der Waals surface area (Å²) >= 11 is 0. The first-order valence-electron chi connectivity index (χ1n) is 9.15. The van der Waals surface area contributed by atoms with Crippen molar-refractivity contribution in [3.8, 4) is 5.75 Å². The van der Waals surface area contributed by atoms with Crippen molar-refractivity contribution >= 4 is 23.3 Å². The zero-order valence-electron chi connectivity index (χ0n) is 16.0. The highest BCUT2D eigenvalue weighted by Crippen LogP contribution is 2.18. The summed E-state index contributed by atoms with van der Waals surface area (Å²) in [7, 11) is 0. The number of nitrogens with one attached hydrogen (secondary N) is 3. The molecule has 0 bridgehead atoms. The second-order valence-electron chi connectivity index (χ2n) is 6.33. The lowest BCUT2D eigenvalue weighted by Gasteiger charge is -2.15. The van der Waals surface area contributed by atoms with Gasteiger partial charge >= 0.3 is 6.03 Å². The van der Waals surface area contributed by atoms with Gasteiger partial charge in [-0.25, -0.2) is 4.79 Å². The van der Waals surface area contributed by atoms with Gasteiger partial charge in [-0.05, 0) is 48.9 Å². The molecule has 29 heavy (non-hydrogen) atoms. The minimum atomic E-state index is -0.340. The fourth-order valence-corrected chi connectivity index (χ4v) is 2.63. The number of hydrogen-bond donors (Lipinski definition) is 3. The van der Waals surface area contributed by atoms with Gasteiger partial charge in [0.2, 0.25) is 0 Å². The van der Waals surface area contributed by atoms with Crippen LogP contribution in [0.4, 0.5) is 16.2 Å². The Hall–Kier alpha value is -3.87. The van der Waals surface area contributed by atoms with Gasteiger partial charge in [-0.15, -0.1) is 0 Å². The van der Waals surface area contributed by atoms with Crippen molar-refractivity contribution in [2.24, 2.45) is 0 Å². The van der Waals surface area contributed by atoms with Gasteiger partial charge in [0.05, 0.1) is 6.04 Å². The minimum absolute atomic E-state index is 0.135. The van der Waals surface area contributed by atoms with E-state index >= 15 is 0 Å². The summed E-state index contributed by atoms with van der Waals surface area (Å²) in [5.41, 5.74) is 2.22. The molecule has 0 saturated heterocycles. The summed E-state index contributed by atoms with van der Waals surface area (Å²) in [5, 5.41) is 8.37. The van der Waals surface area contributed by atoms with E-state index in [2.05, 4.69) is 20.9 Å². The lowest BCUT2D eigenvalue weighted by atomic mass is 10.1. The van der Waals surface area contributed by atoms with Crippen molar-refractivity contribution in [1.29, 1.82) is 0 Å². The van der Waals surface area contributed by atoms with E-state index in [9.17, 15) is 9.59 Å². The Morgan fingerprint density at radius 3 is 2.41 bits per heavy atom. The summed E-state index contributed by atoms with van der Waals surface area (Å²) in [6, 6.07) is 19.2. The first kappa shape index (κ1) is 19.9. The Morgan fingerprint density at radius 2 is 1.66 bits per heavy atom. The third-order valence-electron chi connectivity index (χ3n) is 4.07. The number of anilines is 2. The molecule has 0 aliphatic rings. The molecule has 0 fully saturated rings. The molecule has 0 saturated carbocycles. The highest BCUT2D eigenvalue weighted by Gasteiger charge is 2.10. The third-order valence-corrected chi connectivity index (χ3v) is 4.07. The van der Waals surface area contributed by atoms with E-state index in [1.165, 1.54) is 0 Å². The Bertz CT molecular complexity index is 949. The number of ether oxygens (including phenoxy) is 1. The van der Waals surface area contributed by atoms with Gasteiger partial charge < -0.3 is 20.7 Å². The Morgan fingerprint density at radius 1 is 0.931 bits per heavy atom. The molecular formula is C22H22N4O3. The molecule has 1 atom stereocenters. The van der Waals surface area contributed by atoms with Gasteiger partial charge in [0.1, 0.15) is 5.75 Å². The predicted octanol–water partition coefficient (Wildman–Crippen LogP) is 3.98. The molecule has 2 aromatic carbocycles. The fraction of sp³-hybridized carbons (Fsp3) is 0.136. The largest absolute Gasteiger partial charge is 0.484 e. The maximum Gasteiger partial charge on any atom is 0.319 e. The molecule has 3 amide bonds. The van der Waals surface area contributed by atoms with Gasteiger partial charge in [-0.2, -0.15) is 0 Å². The summed E-state index contributed by atoms with van der Waals surface area (Å²) in [4.78, 5) is 28.2. The molecule has 7 nitrogen and oxygen atoms in total. The summed E-state index contributed by atoms with van der Waals surface area (Å²) in [6.45, 7) is 1.75. The van der Waals surface area contributed by atoms with E-state index in [1.54, 1.807) is 48.8 Å². The number of nitrogens with zero attached hydrogens (tertiary/aromatic N) is 1. The SMILES string of the molecule is CC(NC(=O)Nc1cccc(OCC(=O)Nc2ccccc2)c1)c1ccncc1. The number of benzene rings is 2. The lowest BCUT2D eigenvalue weighted by molar-refractivity contribution is -0.118. The van der Waals surface area contributed by atoms with Gasteiger partial charge in [0.15, 0.2) is 6.61 Å². The first-order valence-corrected chi connectivity index (χ1v) is 9.15. The zero-order valence-corrected chi connectivity index (χ0v) is 16.0. The van der Waals surface area contributed by atoms with Crippen LogP contribution >= 0.6 is 0 Å². The third kappa shape index (κ3) is 6.35. The highest BCUT2D eigenvalue weighted by atomic mass is 16.5. The number of carbonyl (C=O) groups is 2. The van der Waals surface area contributed by atoms with Gasteiger partial charge in [0.25, 0.3) is 5.91 Å². The van der Waals surface area contributed by atoms with E-state index < -0.39 is 0 Å². The van der Waals surface area contributed by atoms with Crippen molar-refractivity contribution < 1.29 is 14.3 Å². The predicted molar refractivity (Wildman–Crippen MR) is 112 cm³/mol. The van der Waals surface area contributed by atoms with E-state index in [0.717, 1.165) is 5.56 Å². The average molecular weight is 390 g/mol. The number of carbonyl (C=O) groups excluding carboxylic acids is 2. The maximum absolute atomic E-state index is 12.2. The molecule has 0 aliphatic carbocycles. The molecule has 3 aromatic rings. The summed E-state index contributed by atoms with van der Waals surface area (Å²) in [5.74, 6) is 0.215. The number of hydrogen-bond acceptors (Lipinski definition) is 4. The fourth-order valence-electron chi connectivity index (χ4n) is 2.63. The maximum atomic E-state index is 12.2. The molecule has 7 heteroatoms. The van der Waals surface area contributed by atoms with Crippen LogP contribution in [0, 0.1) is 0 Å². The molecule has 3 N–H and O–H groups in total. The lowest BCUT2D eigenvalue weighted by Crippen LogP contribution is -2.31. The molecule has 1 heterocycles. The number of rotatable bonds is 7. The Kier molecular flexibility index (Phi) is 6.78. The van der Waals surface area contributed by atoms with Crippen LogP contribution in [0.1, 0.15) is 18.5 Å². The van der Waals surface area contributed by atoms with Crippen LogP contribution in [0.5, 0.6) is 5.75 Å². The number of amides is 3. The summed E-state index contributed by atoms with van der Waals surface area (Å²) < 4.78 is 5.52. The molecule has 148 valence electrons. The normalized spacial score (nSPS) is 11.2. The Labute approximate surface area is 169 Å². The average Bonchev–Trinajstić information content (AvgIpc) is 2.74. The molecule has 0 radical (unpaired) electrons. The van der Waals surface area contributed by atoms with Crippen molar-refractivity contribution in [2.75, 3.05) is 17.2 Å². The molecule has 0 spiro atoms. The van der Waals surface area contributed by atoms with Crippen molar-refractivity contribution in [3.63, 3.8) is 0 Å². The number of aromatic nitrogens is 1. The van der Waals surface area contributed by atoms with Gasteiger partial charge in [-0.1, -0.05) is 24.3 Å². The minimum Gasteiger partial charge on any atom is -0.484 e. The molecule has 1 unspecified atom stereocenters. The number of para-hydroxylation sites is 1.